The molecule has 4 fully saturated rings. The lowest BCUT2D eigenvalue weighted by Gasteiger charge is -2.59. The molecule has 4 heteroatoms. The Balaban J connectivity index is 1.38. The van der Waals surface area contributed by atoms with Gasteiger partial charge in [0.1, 0.15) is 5.75 Å². The highest BCUT2D eigenvalue weighted by Crippen LogP contribution is 2.61. The molecule has 0 heterocycles. The van der Waals surface area contributed by atoms with Crippen LogP contribution in [0.15, 0.2) is 28.7 Å². The molecule has 4 bridgehead atoms. The second-order valence-electron chi connectivity index (χ2n) is 8.72. The Morgan fingerprint density at radius 1 is 1.08 bits per heavy atom. The number of rotatable bonds is 5. The average Bonchev–Trinajstić information content (AvgIpc) is 2.55. The molecule has 4 aliphatic rings. The van der Waals surface area contributed by atoms with Gasteiger partial charge >= 0.3 is 0 Å². The van der Waals surface area contributed by atoms with Crippen LogP contribution in [0.2, 0.25) is 0 Å². The van der Waals surface area contributed by atoms with Gasteiger partial charge in [-0.2, -0.15) is 0 Å². The highest BCUT2D eigenvalue weighted by Gasteiger charge is 2.53. The molecule has 2 atom stereocenters. The van der Waals surface area contributed by atoms with Crippen molar-refractivity contribution in [3.8, 4) is 5.75 Å². The molecule has 0 unspecified atom stereocenters. The first-order chi connectivity index (χ1) is 11.9. The number of carbonyl (C=O) groups is 1. The zero-order chi connectivity index (χ0) is 17.6. The molecule has 136 valence electrons. The van der Waals surface area contributed by atoms with E-state index in [1.807, 2.05) is 31.2 Å². The number of amides is 1. The first kappa shape index (κ1) is 17.4. The molecule has 3 nitrogen and oxygen atoms in total. The summed E-state index contributed by atoms with van der Waals surface area (Å²) in [7, 11) is 0. The minimum absolute atomic E-state index is 0.00571. The molecule has 1 aromatic carbocycles. The number of ether oxygens (including phenoxy) is 1. The van der Waals surface area contributed by atoms with Gasteiger partial charge in [-0.05, 0) is 99.8 Å². The fourth-order valence-corrected chi connectivity index (χ4v) is 6.23. The van der Waals surface area contributed by atoms with Crippen LogP contribution in [0.1, 0.15) is 52.4 Å². The summed E-state index contributed by atoms with van der Waals surface area (Å²) >= 11 is 3.42. The lowest BCUT2D eigenvalue weighted by molar-refractivity contribution is -0.131. The number of hydrogen-bond donors (Lipinski definition) is 1. The summed E-state index contributed by atoms with van der Waals surface area (Å²) in [5.74, 6) is 3.45. The Labute approximate surface area is 159 Å². The predicted molar refractivity (Wildman–Crippen MR) is 102 cm³/mol. The van der Waals surface area contributed by atoms with E-state index in [2.05, 4.69) is 28.2 Å². The summed E-state index contributed by atoms with van der Waals surface area (Å²) in [5.41, 5.74) is 0.335. The van der Waals surface area contributed by atoms with Crippen molar-refractivity contribution >= 4 is 21.8 Å². The molecule has 1 aromatic rings. The van der Waals surface area contributed by atoms with Crippen LogP contribution < -0.4 is 10.1 Å². The van der Waals surface area contributed by atoms with Crippen LogP contribution in [0.5, 0.6) is 5.75 Å². The molecule has 1 N–H and O–H groups in total. The van der Waals surface area contributed by atoms with E-state index in [1.54, 1.807) is 0 Å². The quantitative estimate of drug-likeness (QED) is 0.753. The summed E-state index contributed by atoms with van der Waals surface area (Å²) in [6.45, 7) is 4.06. The maximum Gasteiger partial charge on any atom is 0.261 e. The number of nitrogens with one attached hydrogen (secondary N) is 1. The Kier molecular flexibility index (Phi) is 4.59. The predicted octanol–water partition coefficient (Wildman–Crippen LogP) is 4.94. The third kappa shape index (κ3) is 3.47. The first-order valence-corrected chi connectivity index (χ1v) is 10.5. The fourth-order valence-electron chi connectivity index (χ4n) is 5.96. The van der Waals surface area contributed by atoms with Crippen molar-refractivity contribution in [2.24, 2.45) is 23.2 Å². The number of benzene rings is 1. The van der Waals surface area contributed by atoms with Crippen LogP contribution in [-0.4, -0.2) is 18.1 Å². The van der Waals surface area contributed by atoms with Crippen molar-refractivity contribution in [3.05, 3.63) is 28.7 Å². The molecule has 4 aliphatic carbocycles. The zero-order valence-electron chi connectivity index (χ0n) is 15.1. The maximum absolute atomic E-state index is 12.7. The molecule has 4 saturated carbocycles. The lowest BCUT2D eigenvalue weighted by atomic mass is 9.48. The summed E-state index contributed by atoms with van der Waals surface area (Å²) < 4.78 is 6.82. The molecule has 5 rings (SSSR count). The van der Waals surface area contributed by atoms with Gasteiger partial charge in [-0.25, -0.2) is 0 Å². The van der Waals surface area contributed by atoms with Crippen molar-refractivity contribution in [1.29, 1.82) is 0 Å². The Morgan fingerprint density at radius 2 is 1.60 bits per heavy atom. The van der Waals surface area contributed by atoms with E-state index in [4.69, 9.17) is 4.74 Å². The summed E-state index contributed by atoms with van der Waals surface area (Å²) in [6.07, 6.45) is 7.75. The average molecular weight is 406 g/mol. The molecule has 0 aromatic heterocycles. The van der Waals surface area contributed by atoms with Crippen molar-refractivity contribution in [1.82, 2.24) is 5.32 Å². The highest BCUT2D eigenvalue weighted by molar-refractivity contribution is 9.10. The van der Waals surface area contributed by atoms with Crippen molar-refractivity contribution in [2.75, 3.05) is 0 Å². The monoisotopic (exact) mass is 405 g/mol. The highest BCUT2D eigenvalue weighted by atomic mass is 79.9. The van der Waals surface area contributed by atoms with Crippen molar-refractivity contribution in [2.45, 2.75) is 64.5 Å². The molecule has 0 spiro atoms. The van der Waals surface area contributed by atoms with Gasteiger partial charge in [-0.15, -0.1) is 0 Å². The summed E-state index contributed by atoms with van der Waals surface area (Å²) in [5, 5.41) is 3.30. The van der Waals surface area contributed by atoms with Crippen LogP contribution in [0.4, 0.5) is 0 Å². The Bertz CT molecular complexity index is 607. The smallest absolute Gasteiger partial charge is 0.261 e. The molecular weight excluding hydrogens is 378 g/mol. The zero-order valence-corrected chi connectivity index (χ0v) is 16.7. The van der Waals surface area contributed by atoms with Gasteiger partial charge < -0.3 is 10.1 Å². The van der Waals surface area contributed by atoms with E-state index in [0.29, 0.717) is 5.41 Å². The largest absolute Gasteiger partial charge is 0.481 e. The van der Waals surface area contributed by atoms with E-state index < -0.39 is 6.10 Å². The van der Waals surface area contributed by atoms with Crippen LogP contribution in [0.25, 0.3) is 0 Å². The second-order valence-corrected chi connectivity index (χ2v) is 9.64. The number of halogens is 1. The molecule has 0 aliphatic heterocycles. The van der Waals surface area contributed by atoms with Crippen LogP contribution >= 0.6 is 15.9 Å². The number of hydrogen-bond acceptors (Lipinski definition) is 2. The molecule has 0 saturated heterocycles. The van der Waals surface area contributed by atoms with Crippen LogP contribution in [0, 0.1) is 23.2 Å². The van der Waals surface area contributed by atoms with E-state index in [1.165, 1.54) is 38.5 Å². The van der Waals surface area contributed by atoms with E-state index >= 15 is 0 Å². The van der Waals surface area contributed by atoms with E-state index in [9.17, 15) is 4.79 Å². The lowest BCUT2D eigenvalue weighted by Crippen LogP contribution is -2.57. The second kappa shape index (κ2) is 6.61. The van der Waals surface area contributed by atoms with Crippen molar-refractivity contribution < 1.29 is 9.53 Å². The summed E-state index contributed by atoms with van der Waals surface area (Å²) in [4.78, 5) is 12.7. The van der Waals surface area contributed by atoms with Gasteiger partial charge in [0.25, 0.3) is 5.91 Å². The van der Waals surface area contributed by atoms with Gasteiger partial charge in [0.15, 0.2) is 6.10 Å². The third-order valence-corrected chi connectivity index (χ3v) is 7.39. The standard InChI is InChI=1S/C21H28BrNO2/c1-13(25-19-5-3-18(22)4-6-19)20(24)23-14(2)21-10-15-7-16(11-21)9-17(8-15)12-21/h3-6,13-17H,7-12H2,1-2H3,(H,23,24)/t13-,14+,15?,16?,17?,21?/m1/s1. The van der Waals surface area contributed by atoms with Gasteiger partial charge in [-0.1, -0.05) is 15.9 Å². The maximum atomic E-state index is 12.7. The SMILES string of the molecule is C[C@H](NC(=O)[C@@H](C)Oc1ccc(Br)cc1)C12CC3CC(CC(C3)C1)C2. The topological polar surface area (TPSA) is 38.3 Å². The fraction of sp³-hybridized carbons (Fsp3) is 0.667. The van der Waals surface area contributed by atoms with Crippen LogP contribution in [0.3, 0.4) is 0 Å². The Morgan fingerprint density at radius 3 is 2.12 bits per heavy atom. The van der Waals surface area contributed by atoms with Gasteiger partial charge in [0, 0.05) is 10.5 Å². The molecule has 1 amide bonds. The number of carbonyl (C=O) groups excluding carboxylic acids is 1. The summed E-state index contributed by atoms with van der Waals surface area (Å²) in [6, 6.07) is 7.87. The minimum atomic E-state index is -0.475. The van der Waals surface area contributed by atoms with E-state index in [-0.39, 0.29) is 11.9 Å². The van der Waals surface area contributed by atoms with Gasteiger partial charge in [0.05, 0.1) is 0 Å². The third-order valence-electron chi connectivity index (χ3n) is 6.86. The minimum Gasteiger partial charge on any atom is -0.481 e. The van der Waals surface area contributed by atoms with Crippen LogP contribution in [-0.2, 0) is 4.79 Å². The van der Waals surface area contributed by atoms with E-state index in [0.717, 1.165) is 28.0 Å². The van der Waals surface area contributed by atoms with Gasteiger partial charge in [0.2, 0.25) is 0 Å². The van der Waals surface area contributed by atoms with Crippen molar-refractivity contribution in [3.63, 3.8) is 0 Å². The Hall–Kier alpha value is -1.03. The molecule has 0 radical (unpaired) electrons. The normalized spacial score (nSPS) is 35.2. The molecular formula is C21H28BrNO2. The van der Waals surface area contributed by atoms with Gasteiger partial charge in [-0.3, -0.25) is 4.79 Å². The molecule has 25 heavy (non-hydrogen) atoms. The first-order valence-electron chi connectivity index (χ1n) is 9.66.